The Bertz CT molecular complexity index is 903. The van der Waals surface area contributed by atoms with Crippen molar-refractivity contribution in [3.63, 3.8) is 0 Å². The monoisotopic (exact) mass is 398 g/mol. The summed E-state index contributed by atoms with van der Waals surface area (Å²) in [6, 6.07) is 9.29. The van der Waals surface area contributed by atoms with Crippen LogP contribution < -0.4 is 0 Å². The number of aromatic carboxylic acids is 2. The Labute approximate surface area is 150 Å². The molecule has 2 rings (SSSR count). The first-order chi connectivity index (χ1) is 12.2. The van der Waals surface area contributed by atoms with Gasteiger partial charge in [-0.3, -0.25) is 0 Å². The van der Waals surface area contributed by atoms with Crippen LogP contribution >= 0.6 is 20.2 Å². The number of hydrogen-bond donors (Lipinski definition) is 2. The molecule has 0 spiro atoms. The van der Waals surface area contributed by atoms with Crippen LogP contribution in [0.3, 0.4) is 0 Å². The maximum Gasteiger partial charge on any atom is 0.366 e. The van der Waals surface area contributed by atoms with E-state index in [0.717, 1.165) is 24.3 Å². The molecule has 2 aromatic rings. The van der Waals surface area contributed by atoms with Gasteiger partial charge in [0.2, 0.25) is 0 Å². The summed E-state index contributed by atoms with van der Waals surface area (Å²) >= 11 is 0. The van der Waals surface area contributed by atoms with Crippen molar-refractivity contribution in [3.8, 4) is 0 Å². The predicted molar refractivity (Wildman–Crippen MR) is 92.5 cm³/mol. The van der Waals surface area contributed by atoms with Crippen molar-refractivity contribution in [2.45, 2.75) is 9.79 Å². The quantitative estimate of drug-likeness (QED) is 0.405. The molecule has 0 radical (unpaired) electrons. The zero-order valence-electron chi connectivity index (χ0n) is 12.7. The molecular weight excluding hydrogens is 388 g/mol. The third-order valence-corrected chi connectivity index (χ3v) is 8.02. The van der Waals surface area contributed by atoms with Crippen LogP contribution in [0.1, 0.15) is 20.7 Å². The minimum atomic E-state index is -4.06. The number of nitrogens with zero attached hydrogens (tertiary/aromatic N) is 2. The Balaban J connectivity index is 2.63. The van der Waals surface area contributed by atoms with Gasteiger partial charge in [0.25, 0.3) is 0 Å². The Morgan fingerprint density at radius 2 is 1.38 bits per heavy atom. The molecule has 0 aliphatic heterocycles. The normalized spacial score (nSPS) is 11.5. The maximum atomic E-state index is 11.7. The van der Waals surface area contributed by atoms with Crippen molar-refractivity contribution in [1.29, 1.82) is 0 Å². The molecule has 0 aliphatic carbocycles. The number of carboxylic acids is 2. The summed E-state index contributed by atoms with van der Waals surface area (Å²) in [6.07, 6.45) is 0. The summed E-state index contributed by atoms with van der Waals surface area (Å²) in [5, 5.41) is 41.4. The SMILES string of the molecule is O=C(O)c1cccc(SS(c2cccc(C(=O)O)c2)([N+](=O)[O-])[N+](=O)[O-])c1. The average Bonchev–Trinajstić information content (AvgIpc) is 2.59. The molecule has 2 aromatic carbocycles. The van der Waals surface area contributed by atoms with Crippen molar-refractivity contribution in [2.24, 2.45) is 0 Å². The zero-order chi connectivity index (χ0) is 19.5. The van der Waals surface area contributed by atoms with Crippen molar-refractivity contribution < 1.29 is 28.5 Å². The largest absolute Gasteiger partial charge is 0.478 e. The van der Waals surface area contributed by atoms with Crippen LogP contribution in [0.25, 0.3) is 0 Å². The molecule has 136 valence electrons. The van der Waals surface area contributed by atoms with Gasteiger partial charge in [0.05, 0.1) is 21.9 Å². The van der Waals surface area contributed by atoms with Gasteiger partial charge in [-0.2, -0.15) is 0 Å². The van der Waals surface area contributed by atoms with Gasteiger partial charge in [-0.05, 0) is 36.4 Å². The molecule has 0 bridgehead atoms. The van der Waals surface area contributed by atoms with E-state index in [1.807, 2.05) is 0 Å². The molecule has 0 fully saturated rings. The second kappa shape index (κ2) is 7.41. The molecule has 0 aliphatic rings. The minimum Gasteiger partial charge on any atom is -0.478 e. The van der Waals surface area contributed by atoms with E-state index in [1.54, 1.807) is 0 Å². The van der Waals surface area contributed by atoms with Crippen molar-refractivity contribution >= 4 is 32.2 Å². The number of carboxylic acid groups (broad SMARTS) is 2. The van der Waals surface area contributed by atoms with Crippen LogP contribution in [0.4, 0.5) is 0 Å². The lowest BCUT2D eigenvalue weighted by molar-refractivity contribution is -0.404. The van der Waals surface area contributed by atoms with Gasteiger partial charge in [0.15, 0.2) is 8.66 Å². The van der Waals surface area contributed by atoms with Crippen LogP contribution in [-0.4, -0.2) is 30.8 Å². The lowest BCUT2D eigenvalue weighted by Gasteiger charge is -2.20. The second-order valence-electron chi connectivity index (χ2n) is 4.69. The van der Waals surface area contributed by atoms with Gasteiger partial charge in [-0.15, -0.1) is 0 Å². The van der Waals surface area contributed by atoms with Crippen molar-refractivity contribution in [3.05, 3.63) is 79.9 Å². The Morgan fingerprint density at radius 3 is 1.88 bits per heavy atom. The van der Waals surface area contributed by atoms with E-state index in [4.69, 9.17) is 10.2 Å². The van der Waals surface area contributed by atoms with Crippen LogP contribution in [0, 0.1) is 20.2 Å². The molecule has 26 heavy (non-hydrogen) atoms. The van der Waals surface area contributed by atoms with Crippen LogP contribution in [0.15, 0.2) is 58.3 Å². The summed E-state index contributed by atoms with van der Waals surface area (Å²) in [5.41, 5.74) is -0.516. The molecular formula is C14H10N2O8S2. The van der Waals surface area contributed by atoms with E-state index >= 15 is 0 Å². The van der Waals surface area contributed by atoms with E-state index in [0.29, 0.717) is 0 Å². The number of nitro groups is 2. The standard InChI is InChI=1S/C14H10N2O8S2/c17-13(18)9-3-1-5-11(7-9)25-26(15(21)22,16(23)24)12-6-2-4-10(8-12)14(19)20/h1-8H,(H,17,18)(H,19,20). The highest BCUT2D eigenvalue weighted by Crippen LogP contribution is 2.68. The summed E-state index contributed by atoms with van der Waals surface area (Å²) in [5.74, 6) is -2.67. The third kappa shape index (κ3) is 3.60. The zero-order valence-corrected chi connectivity index (χ0v) is 14.3. The molecule has 0 saturated carbocycles. The maximum absolute atomic E-state index is 11.7. The fourth-order valence-electron chi connectivity index (χ4n) is 1.95. The van der Waals surface area contributed by atoms with Gasteiger partial charge in [-0.1, -0.05) is 12.1 Å². The van der Waals surface area contributed by atoms with Gasteiger partial charge in [0, 0.05) is 4.90 Å². The Kier molecular flexibility index (Phi) is 5.47. The van der Waals surface area contributed by atoms with E-state index < -0.39 is 30.0 Å². The van der Waals surface area contributed by atoms with E-state index in [1.165, 1.54) is 24.3 Å². The Hall–Kier alpha value is -3.12. The highest BCUT2D eigenvalue weighted by Gasteiger charge is 2.54. The van der Waals surface area contributed by atoms with Crippen LogP contribution in [-0.2, 0) is 0 Å². The lowest BCUT2D eigenvalue weighted by atomic mass is 10.2. The minimum absolute atomic E-state index is 0.00836. The fraction of sp³-hybridized carbons (Fsp3) is 0. The average molecular weight is 398 g/mol. The number of carbonyl (C=O) groups is 2. The van der Waals surface area contributed by atoms with Crippen molar-refractivity contribution in [1.82, 2.24) is 0 Å². The predicted octanol–water partition coefficient (Wildman–Crippen LogP) is 3.34. The molecule has 0 atom stereocenters. The van der Waals surface area contributed by atoms with Crippen LogP contribution in [0.5, 0.6) is 0 Å². The molecule has 0 unspecified atom stereocenters. The summed E-state index contributed by atoms with van der Waals surface area (Å²) in [7, 11) is -3.77. The number of hydrogen-bond acceptors (Lipinski definition) is 7. The highest BCUT2D eigenvalue weighted by atomic mass is 33.2. The smallest absolute Gasteiger partial charge is 0.366 e. The lowest BCUT2D eigenvalue weighted by Crippen LogP contribution is -2.17. The van der Waals surface area contributed by atoms with E-state index in [9.17, 15) is 29.8 Å². The molecule has 10 nitrogen and oxygen atoms in total. The third-order valence-electron chi connectivity index (χ3n) is 3.09. The first kappa shape index (κ1) is 19.2. The first-order valence-electron chi connectivity index (χ1n) is 6.67. The molecule has 0 heterocycles. The van der Waals surface area contributed by atoms with E-state index in [2.05, 4.69) is 0 Å². The van der Waals surface area contributed by atoms with Gasteiger partial charge < -0.3 is 10.2 Å². The molecule has 0 amide bonds. The second-order valence-corrected chi connectivity index (χ2v) is 9.29. The summed E-state index contributed by atoms with van der Waals surface area (Å²) in [4.78, 5) is 45.1. The fourth-order valence-corrected chi connectivity index (χ4v) is 5.81. The van der Waals surface area contributed by atoms with Gasteiger partial charge >= 0.3 is 21.4 Å². The summed E-state index contributed by atoms with van der Waals surface area (Å²) < 4.78 is -2.13. The number of rotatable bonds is 7. The molecule has 12 heteroatoms. The van der Waals surface area contributed by atoms with Crippen LogP contribution in [0.2, 0.25) is 0 Å². The highest BCUT2D eigenvalue weighted by molar-refractivity contribution is 8.89. The van der Waals surface area contributed by atoms with Gasteiger partial charge in [0.1, 0.15) is 4.90 Å². The summed E-state index contributed by atoms with van der Waals surface area (Å²) in [6.45, 7) is 0. The van der Waals surface area contributed by atoms with Crippen molar-refractivity contribution in [2.75, 3.05) is 0 Å². The van der Waals surface area contributed by atoms with E-state index in [-0.39, 0.29) is 31.7 Å². The molecule has 0 aromatic heterocycles. The molecule has 0 saturated heterocycles. The van der Waals surface area contributed by atoms with Gasteiger partial charge in [-0.25, -0.2) is 29.8 Å². The topological polar surface area (TPSA) is 161 Å². The Morgan fingerprint density at radius 1 is 0.885 bits per heavy atom. The number of benzene rings is 2. The molecule has 2 N–H and O–H groups in total. The first-order valence-corrected chi connectivity index (χ1v) is 9.55.